The van der Waals surface area contributed by atoms with Crippen molar-refractivity contribution in [1.82, 2.24) is 5.32 Å². The number of fused-ring (bicyclic) bond motifs is 1. The average Bonchev–Trinajstić information content (AvgIpc) is 2.96. The number of aliphatic hydroxyl groups is 2. The molecule has 0 bridgehead atoms. The fourth-order valence-electron chi connectivity index (χ4n) is 6.11. The minimum atomic E-state index is -0.800. The van der Waals surface area contributed by atoms with Gasteiger partial charge in [0.25, 0.3) is 0 Å². The van der Waals surface area contributed by atoms with Gasteiger partial charge >= 0.3 is 5.97 Å². The van der Waals surface area contributed by atoms with Crippen molar-refractivity contribution in [3.8, 4) is 5.75 Å². The van der Waals surface area contributed by atoms with Crippen LogP contribution in [0.5, 0.6) is 5.75 Å². The SMILES string of the molecule is CCOC(=O)CNC/C1=C/C=C(/c2ccc(O)c3c2CC(CC(CCO)C(CO)C(=O)CC(C)=O)CC3=O)C/C=C\C=C/C1. The summed E-state index contributed by atoms with van der Waals surface area (Å²) in [4.78, 5) is 49.5. The monoisotopic (exact) mass is 607 g/mol. The Hall–Kier alpha value is -3.66. The van der Waals surface area contributed by atoms with Gasteiger partial charge in [0.1, 0.15) is 17.3 Å². The first-order valence-corrected chi connectivity index (χ1v) is 15.4. The summed E-state index contributed by atoms with van der Waals surface area (Å²) < 4.78 is 4.99. The molecule has 0 radical (unpaired) electrons. The number of rotatable bonds is 15. The molecular formula is C35H45NO8. The average molecular weight is 608 g/mol. The number of phenols is 1. The van der Waals surface area contributed by atoms with Crippen LogP contribution in [-0.2, 0) is 25.5 Å². The van der Waals surface area contributed by atoms with Crippen LogP contribution in [-0.4, -0.2) is 71.5 Å². The zero-order valence-corrected chi connectivity index (χ0v) is 25.7. The highest BCUT2D eigenvalue weighted by molar-refractivity contribution is 6.02. The Morgan fingerprint density at radius 2 is 1.82 bits per heavy atom. The number of ketones is 3. The van der Waals surface area contributed by atoms with E-state index in [9.17, 15) is 34.5 Å². The molecule has 1 aromatic carbocycles. The maximum absolute atomic E-state index is 13.4. The lowest BCUT2D eigenvalue weighted by molar-refractivity contribution is -0.142. The molecule has 0 heterocycles. The first-order chi connectivity index (χ1) is 21.2. The smallest absolute Gasteiger partial charge is 0.319 e. The molecule has 0 saturated heterocycles. The predicted octanol–water partition coefficient (Wildman–Crippen LogP) is 4.05. The van der Waals surface area contributed by atoms with Gasteiger partial charge in [0.2, 0.25) is 0 Å². The summed E-state index contributed by atoms with van der Waals surface area (Å²) in [5, 5.41) is 33.6. The number of nitrogens with one attached hydrogen (secondary N) is 1. The quantitative estimate of drug-likeness (QED) is 0.171. The summed E-state index contributed by atoms with van der Waals surface area (Å²) in [5.41, 5.74) is 3.92. The number of phenolic OH excluding ortho intramolecular Hbond substituents is 1. The number of aromatic hydroxyl groups is 1. The molecule has 0 fully saturated rings. The molecule has 0 amide bonds. The Labute approximate surface area is 259 Å². The van der Waals surface area contributed by atoms with E-state index in [0.717, 1.165) is 22.3 Å². The van der Waals surface area contributed by atoms with Crippen LogP contribution in [0, 0.1) is 17.8 Å². The first-order valence-electron chi connectivity index (χ1n) is 15.4. The number of carbonyl (C=O) groups excluding carboxylic acids is 4. The van der Waals surface area contributed by atoms with Crippen molar-refractivity contribution in [3.63, 3.8) is 0 Å². The summed E-state index contributed by atoms with van der Waals surface area (Å²) in [7, 11) is 0. The zero-order valence-electron chi connectivity index (χ0n) is 25.7. The highest BCUT2D eigenvalue weighted by atomic mass is 16.5. The van der Waals surface area contributed by atoms with E-state index in [0.29, 0.717) is 44.4 Å². The lowest BCUT2D eigenvalue weighted by atomic mass is 9.72. The number of Topliss-reactive ketones (excluding diaryl/α,β-unsaturated/α-hetero) is 3. The van der Waals surface area contributed by atoms with Crippen LogP contribution >= 0.6 is 0 Å². The van der Waals surface area contributed by atoms with E-state index in [4.69, 9.17) is 4.74 Å². The number of aliphatic hydroxyl groups excluding tert-OH is 2. The molecule has 9 heteroatoms. The molecule has 1 aromatic rings. The molecule has 2 aliphatic carbocycles. The van der Waals surface area contributed by atoms with Crippen molar-refractivity contribution in [2.45, 2.75) is 58.8 Å². The molecule has 0 spiro atoms. The van der Waals surface area contributed by atoms with Crippen LogP contribution in [0.25, 0.3) is 5.57 Å². The fourth-order valence-corrected chi connectivity index (χ4v) is 6.11. The Morgan fingerprint density at radius 1 is 1.07 bits per heavy atom. The molecule has 4 N–H and O–H groups in total. The molecule has 0 aromatic heterocycles. The van der Waals surface area contributed by atoms with Gasteiger partial charge in [0.15, 0.2) is 5.78 Å². The molecule has 0 saturated carbocycles. The van der Waals surface area contributed by atoms with E-state index in [1.807, 2.05) is 42.5 Å². The van der Waals surface area contributed by atoms with Gasteiger partial charge in [0, 0.05) is 25.5 Å². The Balaban J connectivity index is 1.92. The van der Waals surface area contributed by atoms with E-state index in [2.05, 4.69) is 5.32 Å². The van der Waals surface area contributed by atoms with E-state index in [1.165, 1.54) is 6.92 Å². The number of hydrogen-bond acceptors (Lipinski definition) is 9. The summed E-state index contributed by atoms with van der Waals surface area (Å²) in [6, 6.07) is 3.38. The normalized spacial score (nSPS) is 21.9. The third-order valence-electron chi connectivity index (χ3n) is 8.17. The van der Waals surface area contributed by atoms with Gasteiger partial charge in [0.05, 0.1) is 31.7 Å². The van der Waals surface area contributed by atoms with Gasteiger partial charge in [-0.05, 0) is 80.6 Å². The molecule has 3 unspecified atom stereocenters. The van der Waals surface area contributed by atoms with Crippen LogP contribution in [0.15, 0.2) is 54.2 Å². The summed E-state index contributed by atoms with van der Waals surface area (Å²) in [6.07, 6.45) is 14.4. The summed E-state index contributed by atoms with van der Waals surface area (Å²) >= 11 is 0. The van der Waals surface area contributed by atoms with E-state index >= 15 is 0 Å². The Morgan fingerprint density at radius 3 is 2.50 bits per heavy atom. The molecule has 3 rings (SSSR count). The van der Waals surface area contributed by atoms with Crippen LogP contribution in [0.3, 0.4) is 0 Å². The van der Waals surface area contributed by atoms with Crippen LogP contribution in [0.1, 0.15) is 73.9 Å². The Bertz CT molecular complexity index is 1320. The maximum Gasteiger partial charge on any atom is 0.319 e. The number of carbonyl (C=O) groups is 4. The zero-order chi connectivity index (χ0) is 32.1. The number of benzene rings is 1. The minimum Gasteiger partial charge on any atom is -0.507 e. The van der Waals surface area contributed by atoms with Gasteiger partial charge < -0.3 is 25.4 Å². The molecule has 2 aliphatic rings. The van der Waals surface area contributed by atoms with Gasteiger partial charge in [-0.1, -0.05) is 48.1 Å². The number of hydrogen-bond donors (Lipinski definition) is 4. The van der Waals surface area contributed by atoms with Crippen molar-refractivity contribution in [2.75, 3.05) is 32.9 Å². The van der Waals surface area contributed by atoms with Gasteiger partial charge in [-0.3, -0.25) is 19.2 Å². The second-order valence-electron chi connectivity index (χ2n) is 11.5. The second kappa shape index (κ2) is 17.6. The van der Waals surface area contributed by atoms with Crippen LogP contribution < -0.4 is 5.32 Å². The second-order valence-corrected chi connectivity index (χ2v) is 11.5. The largest absolute Gasteiger partial charge is 0.507 e. The number of ether oxygens (including phenoxy) is 1. The minimum absolute atomic E-state index is 0.0673. The molecule has 44 heavy (non-hydrogen) atoms. The van der Waals surface area contributed by atoms with Crippen molar-refractivity contribution in [2.24, 2.45) is 17.8 Å². The maximum atomic E-state index is 13.4. The lowest BCUT2D eigenvalue weighted by Crippen LogP contribution is -2.32. The van der Waals surface area contributed by atoms with Gasteiger partial charge in [-0.15, -0.1) is 0 Å². The molecule has 0 aliphatic heterocycles. The third-order valence-corrected chi connectivity index (χ3v) is 8.17. The van der Waals surface area contributed by atoms with Crippen LogP contribution in [0.2, 0.25) is 0 Å². The van der Waals surface area contributed by atoms with Gasteiger partial charge in [-0.2, -0.15) is 0 Å². The molecular weight excluding hydrogens is 562 g/mol. The highest BCUT2D eigenvalue weighted by Crippen LogP contribution is 2.40. The first kappa shape index (κ1) is 34.8. The van der Waals surface area contributed by atoms with E-state index in [-0.39, 0.29) is 67.4 Å². The van der Waals surface area contributed by atoms with Crippen LogP contribution in [0.4, 0.5) is 0 Å². The highest BCUT2D eigenvalue weighted by Gasteiger charge is 2.35. The fraction of sp³-hybridized carbons (Fsp3) is 0.486. The van der Waals surface area contributed by atoms with Crippen molar-refractivity contribution in [1.29, 1.82) is 0 Å². The van der Waals surface area contributed by atoms with Crippen molar-refractivity contribution >= 4 is 28.9 Å². The Kier molecular flexibility index (Phi) is 13.9. The van der Waals surface area contributed by atoms with Crippen molar-refractivity contribution in [3.05, 3.63) is 70.9 Å². The summed E-state index contributed by atoms with van der Waals surface area (Å²) in [5.74, 6) is -2.58. The third kappa shape index (κ3) is 9.94. The van der Waals surface area contributed by atoms with Crippen molar-refractivity contribution < 1.29 is 39.2 Å². The standard InChI is InChI=1S/C35H45NO8/c1-3-44-34(43)21-36-20-24-8-6-4-5-7-9-26(11-10-24)28-12-13-31(40)35-29(28)18-25(19-33(35)42)17-27(14-15-37)30(22-38)32(41)16-23(2)39/h4-7,10-13,25,27,30,36-38,40H,3,8-9,14-22H2,1-2H3/b6-4-,7-5-,24-10+,26-11+. The van der Waals surface area contributed by atoms with Gasteiger partial charge in [-0.25, -0.2) is 0 Å². The van der Waals surface area contributed by atoms with E-state index < -0.39 is 18.4 Å². The number of allylic oxidation sites excluding steroid dienone is 7. The summed E-state index contributed by atoms with van der Waals surface area (Å²) in [6.45, 7) is 3.40. The molecule has 9 nitrogen and oxygen atoms in total. The molecule has 238 valence electrons. The van der Waals surface area contributed by atoms with E-state index in [1.54, 1.807) is 13.0 Å². The molecule has 3 atom stereocenters. The predicted molar refractivity (Wildman–Crippen MR) is 168 cm³/mol. The lowest BCUT2D eigenvalue weighted by Gasteiger charge is -2.32. The topological polar surface area (TPSA) is 150 Å². The number of esters is 1.